The van der Waals surface area contributed by atoms with Crippen LogP contribution in [0.2, 0.25) is 0 Å². The molecule has 1 aliphatic heterocycles. The third-order valence-corrected chi connectivity index (χ3v) is 7.35. The highest BCUT2D eigenvalue weighted by molar-refractivity contribution is 7.89. The van der Waals surface area contributed by atoms with E-state index in [-0.39, 0.29) is 41.3 Å². The quantitative estimate of drug-likeness (QED) is 0.409. The Morgan fingerprint density at radius 1 is 1.19 bits per heavy atom. The van der Waals surface area contributed by atoms with Gasteiger partial charge in [0.25, 0.3) is 5.69 Å². The minimum Gasteiger partial charge on any atom is -0.379 e. The van der Waals surface area contributed by atoms with E-state index in [2.05, 4.69) is 15.3 Å². The van der Waals surface area contributed by atoms with Crippen molar-refractivity contribution in [1.29, 1.82) is 0 Å². The third-order valence-electron chi connectivity index (χ3n) is 5.45. The van der Waals surface area contributed by atoms with Crippen LogP contribution in [0.5, 0.6) is 0 Å². The molecule has 170 valence electrons. The summed E-state index contributed by atoms with van der Waals surface area (Å²) in [5.74, 6) is 0.701. The number of hydrogen-bond acceptors (Lipinski definition) is 7. The third kappa shape index (κ3) is 4.31. The maximum absolute atomic E-state index is 12.9. The van der Waals surface area contributed by atoms with Gasteiger partial charge >= 0.3 is 0 Å². The van der Waals surface area contributed by atoms with Crippen LogP contribution in [0.25, 0.3) is 11.0 Å². The minimum absolute atomic E-state index is 0.0481. The van der Waals surface area contributed by atoms with Crippen LogP contribution in [0.15, 0.2) is 47.4 Å². The summed E-state index contributed by atoms with van der Waals surface area (Å²) in [5, 5.41) is 15.0. The molecule has 3 aromatic rings. The molecule has 0 amide bonds. The van der Waals surface area contributed by atoms with Crippen LogP contribution in [0, 0.1) is 16.0 Å². The largest absolute Gasteiger partial charge is 0.379 e. The number of imidazole rings is 1. The van der Waals surface area contributed by atoms with Crippen LogP contribution in [0.1, 0.15) is 25.7 Å². The molecule has 1 fully saturated rings. The number of nitro benzene ring substituents is 1. The molecule has 2 N–H and O–H groups in total. The number of benzene rings is 2. The number of fused-ring (bicyclic) bond motifs is 1. The second-order valence-corrected chi connectivity index (χ2v) is 9.90. The summed E-state index contributed by atoms with van der Waals surface area (Å²) < 4.78 is 32.4. The molecule has 4 rings (SSSR count). The normalized spacial score (nSPS) is 16.3. The lowest BCUT2D eigenvalue weighted by atomic mass is 10.0. The molecule has 10 nitrogen and oxygen atoms in total. The van der Waals surface area contributed by atoms with Gasteiger partial charge in [0.1, 0.15) is 11.5 Å². The highest BCUT2D eigenvalue weighted by Crippen LogP contribution is 2.34. The van der Waals surface area contributed by atoms with Crippen LogP contribution in [-0.4, -0.2) is 53.9 Å². The van der Waals surface area contributed by atoms with E-state index in [0.717, 1.165) is 17.1 Å². The van der Waals surface area contributed by atoms with Gasteiger partial charge in [-0.25, -0.2) is 13.4 Å². The van der Waals surface area contributed by atoms with E-state index < -0.39 is 14.9 Å². The Bertz CT molecular complexity index is 1200. The molecule has 0 aliphatic carbocycles. The Balaban J connectivity index is 1.68. The number of H-pyrrole nitrogens is 1. The predicted octanol–water partition coefficient (Wildman–Crippen LogP) is 3.30. The summed E-state index contributed by atoms with van der Waals surface area (Å²) in [6.45, 7) is 5.00. The number of hydrogen-bond donors (Lipinski definition) is 2. The molecule has 0 unspecified atom stereocenters. The summed E-state index contributed by atoms with van der Waals surface area (Å²) in [6, 6.07) is 11.2. The number of ether oxygens (including phenoxy) is 1. The summed E-state index contributed by atoms with van der Waals surface area (Å²) in [5.41, 5.74) is 1.60. The Hall–Kier alpha value is -3.02. The summed E-state index contributed by atoms with van der Waals surface area (Å²) >= 11 is 0. The first kappa shape index (κ1) is 22.2. The number of aromatic amines is 1. The van der Waals surface area contributed by atoms with Crippen LogP contribution in [0.3, 0.4) is 0 Å². The zero-order chi connectivity index (χ0) is 22.9. The fraction of sp³-hybridized carbons (Fsp3) is 0.381. The number of anilines is 1. The molecule has 1 aromatic heterocycles. The molecular weight excluding hydrogens is 434 g/mol. The molecule has 0 spiro atoms. The molecule has 11 heteroatoms. The van der Waals surface area contributed by atoms with Crippen molar-refractivity contribution in [2.75, 3.05) is 31.6 Å². The number of morpholine rings is 1. The number of rotatable bonds is 7. The zero-order valence-corrected chi connectivity index (χ0v) is 18.6. The molecule has 0 radical (unpaired) electrons. The smallest absolute Gasteiger partial charge is 0.293 e. The van der Waals surface area contributed by atoms with Gasteiger partial charge in [-0.15, -0.1) is 0 Å². The number of sulfonamides is 1. The average molecular weight is 460 g/mol. The fourth-order valence-corrected chi connectivity index (χ4v) is 5.15. The lowest BCUT2D eigenvalue weighted by Gasteiger charge is -2.26. The summed E-state index contributed by atoms with van der Waals surface area (Å²) in [7, 11) is -3.85. The van der Waals surface area contributed by atoms with Gasteiger partial charge in [0.05, 0.1) is 40.1 Å². The highest BCUT2D eigenvalue weighted by atomic mass is 32.2. The van der Waals surface area contributed by atoms with Crippen molar-refractivity contribution in [2.45, 2.75) is 24.8 Å². The van der Waals surface area contributed by atoms with Gasteiger partial charge in [-0.3, -0.25) is 10.1 Å². The van der Waals surface area contributed by atoms with Gasteiger partial charge in [-0.1, -0.05) is 26.0 Å². The first-order valence-corrected chi connectivity index (χ1v) is 11.8. The van der Waals surface area contributed by atoms with E-state index >= 15 is 0 Å². The van der Waals surface area contributed by atoms with Crippen molar-refractivity contribution in [1.82, 2.24) is 14.3 Å². The standard InChI is InChI=1S/C21H25N5O5S/c1-14(2)20(21-23-16-5-3-4-6-17(16)24-21)22-18-8-7-15(13-19(18)26(27)28)32(29,30)25-9-11-31-12-10-25/h3-8,13-14,20,22H,9-12H2,1-2H3,(H,23,24)/t20-/m0/s1. The van der Waals surface area contributed by atoms with Crippen molar-refractivity contribution in [3.63, 3.8) is 0 Å². The van der Waals surface area contributed by atoms with Gasteiger partial charge in [0, 0.05) is 19.2 Å². The molecule has 32 heavy (non-hydrogen) atoms. The van der Waals surface area contributed by atoms with E-state index in [1.165, 1.54) is 16.4 Å². The van der Waals surface area contributed by atoms with Gasteiger partial charge < -0.3 is 15.0 Å². The molecular formula is C21H25N5O5S. The molecule has 2 aromatic carbocycles. The molecule has 0 saturated carbocycles. The number of para-hydroxylation sites is 2. The maximum atomic E-state index is 12.9. The number of nitrogens with one attached hydrogen (secondary N) is 2. The van der Waals surface area contributed by atoms with E-state index in [0.29, 0.717) is 19.0 Å². The van der Waals surface area contributed by atoms with Crippen LogP contribution in [-0.2, 0) is 14.8 Å². The van der Waals surface area contributed by atoms with Gasteiger partial charge in [0.15, 0.2) is 0 Å². The maximum Gasteiger partial charge on any atom is 0.293 e. The molecule has 1 atom stereocenters. The van der Waals surface area contributed by atoms with Gasteiger partial charge in [-0.2, -0.15) is 4.31 Å². The van der Waals surface area contributed by atoms with Crippen LogP contribution < -0.4 is 5.32 Å². The van der Waals surface area contributed by atoms with E-state index in [1.54, 1.807) is 0 Å². The van der Waals surface area contributed by atoms with E-state index in [1.807, 2.05) is 38.1 Å². The van der Waals surface area contributed by atoms with Crippen LogP contribution in [0.4, 0.5) is 11.4 Å². The molecule has 1 saturated heterocycles. The lowest BCUT2D eigenvalue weighted by Crippen LogP contribution is -2.40. The van der Waals surface area contributed by atoms with Crippen LogP contribution >= 0.6 is 0 Å². The molecule has 2 heterocycles. The Labute approximate surface area is 185 Å². The van der Waals surface area contributed by atoms with E-state index in [9.17, 15) is 18.5 Å². The number of nitrogens with zero attached hydrogens (tertiary/aromatic N) is 3. The van der Waals surface area contributed by atoms with Crippen molar-refractivity contribution >= 4 is 32.4 Å². The van der Waals surface area contributed by atoms with Crippen molar-refractivity contribution < 1.29 is 18.1 Å². The van der Waals surface area contributed by atoms with Gasteiger partial charge in [0.2, 0.25) is 10.0 Å². The first-order chi connectivity index (χ1) is 15.3. The monoisotopic (exact) mass is 459 g/mol. The Morgan fingerprint density at radius 3 is 2.56 bits per heavy atom. The van der Waals surface area contributed by atoms with Crippen molar-refractivity contribution in [3.05, 3.63) is 58.4 Å². The first-order valence-electron chi connectivity index (χ1n) is 10.3. The zero-order valence-electron chi connectivity index (χ0n) is 17.8. The minimum atomic E-state index is -3.85. The highest BCUT2D eigenvalue weighted by Gasteiger charge is 2.30. The van der Waals surface area contributed by atoms with E-state index in [4.69, 9.17) is 4.74 Å². The SMILES string of the molecule is CC(C)[C@H](Nc1ccc(S(=O)(=O)N2CCOCC2)cc1[N+](=O)[O-])c1nc2ccccc2[nH]1. The number of nitro groups is 1. The number of aromatic nitrogens is 2. The fourth-order valence-electron chi connectivity index (χ4n) is 3.72. The second kappa shape index (κ2) is 8.85. The summed E-state index contributed by atoms with van der Waals surface area (Å²) in [4.78, 5) is 19.0. The second-order valence-electron chi connectivity index (χ2n) is 7.96. The van der Waals surface area contributed by atoms with Crippen molar-refractivity contribution in [3.8, 4) is 0 Å². The Kier molecular flexibility index (Phi) is 6.13. The predicted molar refractivity (Wildman–Crippen MR) is 120 cm³/mol. The average Bonchev–Trinajstić information content (AvgIpc) is 3.21. The molecule has 0 bridgehead atoms. The van der Waals surface area contributed by atoms with Gasteiger partial charge in [-0.05, 0) is 30.2 Å². The van der Waals surface area contributed by atoms with Crippen molar-refractivity contribution in [2.24, 2.45) is 5.92 Å². The summed E-state index contributed by atoms with van der Waals surface area (Å²) in [6.07, 6.45) is 0. The molecule has 1 aliphatic rings. The lowest BCUT2D eigenvalue weighted by molar-refractivity contribution is -0.384. The topological polar surface area (TPSA) is 130 Å². The Morgan fingerprint density at radius 2 is 1.91 bits per heavy atom.